The van der Waals surface area contributed by atoms with E-state index in [1.54, 1.807) is 18.3 Å². The average molecular weight is 284 g/mol. The standard InChI is InChI=1S/C14H12N4O3/c19-14-10(7-15-11-3-1-2-5-18(11)14)13-16-12(17-21-13)9-4-6-20-8-9/h1-3,5,7,9H,4,6,8H2. The van der Waals surface area contributed by atoms with Gasteiger partial charge >= 0.3 is 0 Å². The Kier molecular flexibility index (Phi) is 2.78. The highest BCUT2D eigenvalue weighted by Crippen LogP contribution is 2.24. The van der Waals surface area contributed by atoms with Gasteiger partial charge in [-0.25, -0.2) is 4.98 Å². The Bertz CT molecular complexity index is 849. The molecule has 1 aliphatic rings. The first-order chi connectivity index (χ1) is 10.3. The highest BCUT2D eigenvalue weighted by atomic mass is 16.5. The normalized spacial score (nSPS) is 18.4. The van der Waals surface area contributed by atoms with E-state index >= 15 is 0 Å². The summed E-state index contributed by atoms with van der Waals surface area (Å²) in [5.41, 5.74) is 0.657. The summed E-state index contributed by atoms with van der Waals surface area (Å²) < 4.78 is 12.0. The second kappa shape index (κ2) is 4.78. The van der Waals surface area contributed by atoms with Gasteiger partial charge in [-0.2, -0.15) is 4.98 Å². The van der Waals surface area contributed by atoms with Crippen LogP contribution in [-0.4, -0.2) is 32.7 Å². The molecule has 4 rings (SSSR count). The van der Waals surface area contributed by atoms with Gasteiger partial charge in [-0.15, -0.1) is 0 Å². The lowest BCUT2D eigenvalue weighted by Crippen LogP contribution is -2.16. The average Bonchev–Trinajstić information content (AvgIpc) is 3.19. The van der Waals surface area contributed by atoms with E-state index in [9.17, 15) is 4.79 Å². The van der Waals surface area contributed by atoms with Crippen LogP contribution in [0, 0.1) is 0 Å². The topological polar surface area (TPSA) is 82.5 Å². The molecule has 4 heterocycles. The van der Waals surface area contributed by atoms with Gasteiger partial charge in [-0.3, -0.25) is 9.20 Å². The predicted molar refractivity (Wildman–Crippen MR) is 72.9 cm³/mol. The van der Waals surface area contributed by atoms with Crippen LogP contribution in [0.15, 0.2) is 39.9 Å². The van der Waals surface area contributed by atoms with Crippen molar-refractivity contribution in [1.29, 1.82) is 0 Å². The van der Waals surface area contributed by atoms with Crippen molar-refractivity contribution in [1.82, 2.24) is 19.5 Å². The number of nitrogens with zero attached hydrogens (tertiary/aromatic N) is 4. The lowest BCUT2D eigenvalue weighted by Gasteiger charge is -2.00. The van der Waals surface area contributed by atoms with Crippen LogP contribution in [0.1, 0.15) is 18.2 Å². The van der Waals surface area contributed by atoms with E-state index in [2.05, 4.69) is 15.1 Å². The Morgan fingerprint density at radius 2 is 2.29 bits per heavy atom. The van der Waals surface area contributed by atoms with Crippen molar-refractivity contribution in [2.24, 2.45) is 0 Å². The number of rotatable bonds is 2. The first-order valence-electron chi connectivity index (χ1n) is 6.71. The largest absolute Gasteiger partial charge is 0.381 e. The summed E-state index contributed by atoms with van der Waals surface area (Å²) in [5, 5.41) is 3.95. The molecule has 0 spiro atoms. The lowest BCUT2D eigenvalue weighted by atomic mass is 10.1. The van der Waals surface area contributed by atoms with Crippen molar-refractivity contribution >= 4 is 5.65 Å². The highest BCUT2D eigenvalue weighted by molar-refractivity contribution is 5.53. The Morgan fingerprint density at radius 3 is 3.14 bits per heavy atom. The first kappa shape index (κ1) is 12.2. The highest BCUT2D eigenvalue weighted by Gasteiger charge is 2.24. The molecule has 1 unspecified atom stereocenters. The van der Waals surface area contributed by atoms with Gasteiger partial charge in [0.1, 0.15) is 11.2 Å². The molecule has 0 saturated carbocycles. The van der Waals surface area contributed by atoms with Crippen LogP contribution in [0.3, 0.4) is 0 Å². The van der Waals surface area contributed by atoms with E-state index < -0.39 is 0 Å². The molecule has 0 aromatic carbocycles. The van der Waals surface area contributed by atoms with E-state index in [0.717, 1.165) is 6.42 Å². The molecule has 7 heteroatoms. The molecule has 0 N–H and O–H groups in total. The third-order valence-corrected chi connectivity index (χ3v) is 3.58. The number of fused-ring (bicyclic) bond motifs is 1. The predicted octanol–water partition coefficient (Wildman–Crippen LogP) is 1.25. The maximum atomic E-state index is 12.4. The third kappa shape index (κ3) is 2.02. The van der Waals surface area contributed by atoms with Gasteiger partial charge in [0.15, 0.2) is 5.82 Å². The zero-order valence-electron chi connectivity index (χ0n) is 11.1. The fourth-order valence-electron chi connectivity index (χ4n) is 2.42. The molecule has 21 heavy (non-hydrogen) atoms. The molecule has 1 aliphatic heterocycles. The summed E-state index contributed by atoms with van der Waals surface area (Å²) in [5.74, 6) is 0.923. The molecular weight excluding hydrogens is 272 g/mol. The molecule has 1 saturated heterocycles. The molecule has 1 fully saturated rings. The van der Waals surface area contributed by atoms with Crippen molar-refractivity contribution in [3.8, 4) is 11.5 Å². The van der Waals surface area contributed by atoms with E-state index in [4.69, 9.17) is 9.26 Å². The molecule has 1 atom stereocenters. The Labute approximate surface area is 119 Å². The summed E-state index contributed by atoms with van der Waals surface area (Å²) in [7, 11) is 0. The summed E-state index contributed by atoms with van der Waals surface area (Å²) in [6.45, 7) is 1.29. The second-order valence-corrected chi connectivity index (χ2v) is 4.92. The second-order valence-electron chi connectivity index (χ2n) is 4.92. The molecule has 0 bridgehead atoms. The van der Waals surface area contributed by atoms with E-state index in [1.807, 2.05) is 6.07 Å². The monoisotopic (exact) mass is 284 g/mol. The van der Waals surface area contributed by atoms with Crippen molar-refractivity contribution < 1.29 is 9.26 Å². The number of pyridine rings is 1. The summed E-state index contributed by atoms with van der Waals surface area (Å²) in [6.07, 6.45) is 4.00. The zero-order valence-corrected chi connectivity index (χ0v) is 11.1. The molecule has 7 nitrogen and oxygen atoms in total. The minimum absolute atomic E-state index is 0.138. The maximum absolute atomic E-state index is 12.4. The lowest BCUT2D eigenvalue weighted by molar-refractivity contribution is 0.192. The van der Waals surface area contributed by atoms with Gasteiger partial charge in [0.05, 0.1) is 6.61 Å². The third-order valence-electron chi connectivity index (χ3n) is 3.58. The van der Waals surface area contributed by atoms with E-state index in [-0.39, 0.29) is 17.4 Å². The Hall–Kier alpha value is -2.54. The van der Waals surface area contributed by atoms with Crippen LogP contribution in [0.4, 0.5) is 0 Å². The van der Waals surface area contributed by atoms with Crippen molar-refractivity contribution in [3.63, 3.8) is 0 Å². The quantitative estimate of drug-likeness (QED) is 0.704. The summed E-state index contributed by atoms with van der Waals surface area (Å²) in [6, 6.07) is 5.36. The van der Waals surface area contributed by atoms with E-state index in [0.29, 0.717) is 30.2 Å². The van der Waals surface area contributed by atoms with Gasteiger partial charge in [0, 0.05) is 24.9 Å². The SMILES string of the molecule is O=c1c(-c2nc(C3CCOC3)no2)cnc2ccccn12. The van der Waals surface area contributed by atoms with Gasteiger partial charge < -0.3 is 9.26 Å². The number of hydrogen-bond donors (Lipinski definition) is 0. The van der Waals surface area contributed by atoms with Gasteiger partial charge in [0.25, 0.3) is 11.4 Å². The first-order valence-corrected chi connectivity index (χ1v) is 6.71. The van der Waals surface area contributed by atoms with Crippen LogP contribution in [0.5, 0.6) is 0 Å². The number of aromatic nitrogens is 4. The van der Waals surface area contributed by atoms with Crippen LogP contribution >= 0.6 is 0 Å². The maximum Gasteiger partial charge on any atom is 0.270 e. The van der Waals surface area contributed by atoms with Crippen molar-refractivity contribution in [2.75, 3.05) is 13.2 Å². The minimum atomic E-state index is -0.224. The van der Waals surface area contributed by atoms with E-state index in [1.165, 1.54) is 10.6 Å². The van der Waals surface area contributed by atoms with Gasteiger partial charge in [-0.05, 0) is 18.6 Å². The number of ether oxygens (including phenoxy) is 1. The Morgan fingerprint density at radius 1 is 1.33 bits per heavy atom. The van der Waals surface area contributed by atoms with Crippen LogP contribution in [0.25, 0.3) is 17.1 Å². The molecule has 106 valence electrons. The summed E-state index contributed by atoms with van der Waals surface area (Å²) in [4.78, 5) is 21.0. The molecule has 0 radical (unpaired) electrons. The zero-order chi connectivity index (χ0) is 14.2. The molecular formula is C14H12N4O3. The van der Waals surface area contributed by atoms with Crippen LogP contribution in [-0.2, 0) is 4.74 Å². The fourth-order valence-corrected chi connectivity index (χ4v) is 2.42. The fraction of sp³-hybridized carbons (Fsp3) is 0.286. The Balaban J connectivity index is 1.79. The summed E-state index contributed by atoms with van der Waals surface area (Å²) >= 11 is 0. The van der Waals surface area contributed by atoms with Crippen molar-refractivity contribution in [2.45, 2.75) is 12.3 Å². The number of hydrogen-bond acceptors (Lipinski definition) is 6. The van der Waals surface area contributed by atoms with Crippen LogP contribution in [0.2, 0.25) is 0 Å². The smallest absolute Gasteiger partial charge is 0.270 e. The molecule has 3 aromatic rings. The van der Waals surface area contributed by atoms with Crippen molar-refractivity contribution in [3.05, 3.63) is 46.8 Å². The molecule has 3 aromatic heterocycles. The molecule has 0 amide bonds. The van der Waals surface area contributed by atoms with Gasteiger partial charge in [0.2, 0.25) is 0 Å². The van der Waals surface area contributed by atoms with Crippen LogP contribution < -0.4 is 5.56 Å². The molecule has 0 aliphatic carbocycles. The minimum Gasteiger partial charge on any atom is -0.381 e. The van der Waals surface area contributed by atoms with Gasteiger partial charge in [-0.1, -0.05) is 11.2 Å².